The lowest BCUT2D eigenvalue weighted by molar-refractivity contribution is 0.102. The first-order valence-electron chi connectivity index (χ1n) is 10.0. The molecule has 0 amide bonds. The summed E-state index contributed by atoms with van der Waals surface area (Å²) in [5.74, 6) is 1.42. The highest BCUT2D eigenvalue weighted by molar-refractivity contribution is 7.91. The summed E-state index contributed by atoms with van der Waals surface area (Å²) in [4.78, 5) is 9.56. The molecule has 0 aromatic heterocycles. The topological polar surface area (TPSA) is 77.0 Å². The summed E-state index contributed by atoms with van der Waals surface area (Å²) in [6.45, 7) is 13.5. The van der Waals surface area contributed by atoms with Gasteiger partial charge in [-0.3, -0.25) is 14.8 Å². The van der Waals surface area contributed by atoms with E-state index >= 15 is 0 Å². The molecule has 0 atom stereocenters. The van der Waals surface area contributed by atoms with Gasteiger partial charge in [0.2, 0.25) is 0 Å². The Morgan fingerprint density at radius 1 is 1.04 bits per heavy atom. The molecule has 0 unspecified atom stereocenters. The highest BCUT2D eigenvalue weighted by Gasteiger charge is 2.27. The molecule has 7 nitrogen and oxygen atoms in total. The fraction of sp³-hybridized carbons (Fsp3) is 0.944. The highest BCUT2D eigenvalue weighted by Crippen LogP contribution is 2.20. The van der Waals surface area contributed by atoms with Gasteiger partial charge in [-0.05, 0) is 46.7 Å². The van der Waals surface area contributed by atoms with E-state index in [4.69, 9.17) is 4.99 Å². The first kappa shape index (κ1) is 21.4. The maximum atomic E-state index is 11.5. The Morgan fingerprint density at radius 3 is 2.31 bits per heavy atom. The van der Waals surface area contributed by atoms with Gasteiger partial charge in [0.1, 0.15) is 0 Å². The molecule has 2 heterocycles. The van der Waals surface area contributed by atoms with Gasteiger partial charge in [0.25, 0.3) is 0 Å². The highest BCUT2D eigenvalue weighted by atomic mass is 32.2. The minimum atomic E-state index is -2.80. The molecule has 2 rings (SSSR count). The molecular weight excluding hydrogens is 350 g/mol. The van der Waals surface area contributed by atoms with Crippen LogP contribution in [0.1, 0.15) is 40.0 Å². The Bertz CT molecular complexity index is 542. The van der Waals surface area contributed by atoms with E-state index in [-0.39, 0.29) is 17.0 Å². The third-order valence-electron chi connectivity index (χ3n) is 5.34. The predicted octanol–water partition coefficient (Wildman–Crippen LogP) is 0.536. The van der Waals surface area contributed by atoms with Crippen LogP contribution in [0.25, 0.3) is 0 Å². The molecular formula is C18H37N5O2S. The summed E-state index contributed by atoms with van der Waals surface area (Å²) in [6.07, 6.45) is 3.92. The number of likely N-dealkylation sites (tertiary alicyclic amines) is 1. The molecule has 2 N–H and O–H groups in total. The number of nitrogens with one attached hydrogen (secondary N) is 2. The molecule has 26 heavy (non-hydrogen) atoms. The summed E-state index contributed by atoms with van der Waals surface area (Å²) < 4.78 is 23.0. The Labute approximate surface area is 159 Å². The van der Waals surface area contributed by atoms with Crippen LogP contribution in [0.15, 0.2) is 4.99 Å². The average Bonchev–Trinajstić information content (AvgIpc) is 2.62. The molecule has 0 aromatic rings. The van der Waals surface area contributed by atoms with Gasteiger partial charge >= 0.3 is 0 Å². The molecule has 0 radical (unpaired) electrons. The minimum absolute atomic E-state index is 0.0734. The molecule has 8 heteroatoms. The van der Waals surface area contributed by atoms with Crippen LogP contribution in [0, 0.1) is 0 Å². The standard InChI is InChI=1S/C18H37N5O2S/c1-4-19-17(20-8-11-22-12-14-26(24,25)15-13-22)21-16-18(2,3)23-9-6-5-7-10-23/h4-16H2,1-3H3,(H2,19,20,21). The smallest absolute Gasteiger partial charge is 0.191 e. The number of rotatable bonds is 7. The number of nitrogens with zero attached hydrogens (tertiary/aromatic N) is 3. The van der Waals surface area contributed by atoms with Crippen molar-refractivity contribution >= 4 is 15.8 Å². The lowest BCUT2D eigenvalue weighted by Crippen LogP contribution is -2.50. The van der Waals surface area contributed by atoms with Crippen LogP contribution < -0.4 is 10.6 Å². The molecule has 0 saturated carbocycles. The first-order chi connectivity index (χ1) is 12.3. The van der Waals surface area contributed by atoms with Crippen molar-refractivity contribution in [1.82, 2.24) is 20.4 Å². The molecule has 0 aromatic carbocycles. The third kappa shape index (κ3) is 7.04. The second-order valence-electron chi connectivity index (χ2n) is 7.98. The van der Waals surface area contributed by atoms with Crippen molar-refractivity contribution in [1.29, 1.82) is 0 Å². The molecule has 2 aliphatic heterocycles. The van der Waals surface area contributed by atoms with Crippen molar-refractivity contribution in [2.24, 2.45) is 4.99 Å². The molecule has 0 bridgehead atoms. The second kappa shape index (κ2) is 9.90. The van der Waals surface area contributed by atoms with Crippen LogP contribution >= 0.6 is 0 Å². The SMILES string of the molecule is CCNC(=NCC(C)(C)N1CCCCC1)NCCN1CCS(=O)(=O)CC1. The summed E-state index contributed by atoms with van der Waals surface area (Å²) in [7, 11) is -2.80. The fourth-order valence-electron chi connectivity index (χ4n) is 3.52. The molecule has 152 valence electrons. The Balaban J connectivity index is 1.78. The average molecular weight is 388 g/mol. The van der Waals surface area contributed by atoms with E-state index in [1.54, 1.807) is 0 Å². The second-order valence-corrected chi connectivity index (χ2v) is 10.3. The van der Waals surface area contributed by atoms with Crippen LogP contribution in [-0.4, -0.2) is 93.6 Å². The van der Waals surface area contributed by atoms with Gasteiger partial charge in [0.15, 0.2) is 15.8 Å². The first-order valence-corrected chi connectivity index (χ1v) is 11.8. The van der Waals surface area contributed by atoms with Crippen molar-refractivity contribution in [2.45, 2.75) is 45.6 Å². The zero-order valence-corrected chi connectivity index (χ0v) is 17.6. The van der Waals surface area contributed by atoms with Crippen LogP contribution in [0.3, 0.4) is 0 Å². The number of piperidine rings is 1. The maximum Gasteiger partial charge on any atom is 0.191 e. The normalized spacial score (nSPS) is 23.0. The maximum absolute atomic E-state index is 11.5. The van der Waals surface area contributed by atoms with E-state index < -0.39 is 9.84 Å². The van der Waals surface area contributed by atoms with Crippen molar-refractivity contribution in [3.63, 3.8) is 0 Å². The van der Waals surface area contributed by atoms with Gasteiger partial charge in [-0.1, -0.05) is 6.42 Å². The third-order valence-corrected chi connectivity index (χ3v) is 6.95. The van der Waals surface area contributed by atoms with Gasteiger partial charge in [-0.2, -0.15) is 0 Å². The lowest BCUT2D eigenvalue weighted by Gasteiger charge is -2.40. The van der Waals surface area contributed by atoms with Crippen molar-refractivity contribution < 1.29 is 8.42 Å². The number of guanidine groups is 1. The summed E-state index contributed by atoms with van der Waals surface area (Å²) in [6, 6.07) is 0. The van der Waals surface area contributed by atoms with E-state index in [2.05, 4.69) is 41.2 Å². The van der Waals surface area contributed by atoms with Gasteiger partial charge in [-0.25, -0.2) is 8.42 Å². The number of hydrogen-bond donors (Lipinski definition) is 2. The van der Waals surface area contributed by atoms with E-state index in [0.717, 1.165) is 32.1 Å². The zero-order chi connectivity index (χ0) is 19.0. The van der Waals surface area contributed by atoms with Crippen LogP contribution in [-0.2, 0) is 9.84 Å². The van der Waals surface area contributed by atoms with Gasteiger partial charge < -0.3 is 10.6 Å². The molecule has 2 saturated heterocycles. The monoisotopic (exact) mass is 387 g/mol. The van der Waals surface area contributed by atoms with Crippen molar-refractivity contribution in [2.75, 3.05) is 63.9 Å². The quantitative estimate of drug-likeness (QED) is 0.490. The van der Waals surface area contributed by atoms with Crippen molar-refractivity contribution in [3.05, 3.63) is 0 Å². The van der Waals surface area contributed by atoms with E-state index in [0.29, 0.717) is 13.1 Å². The number of hydrogen-bond acceptors (Lipinski definition) is 5. The Kier molecular flexibility index (Phi) is 8.16. The molecule has 2 fully saturated rings. The number of aliphatic imine (C=N–C) groups is 1. The Hall–Kier alpha value is -0.860. The fourth-order valence-corrected chi connectivity index (χ4v) is 4.80. The predicted molar refractivity (Wildman–Crippen MR) is 109 cm³/mol. The van der Waals surface area contributed by atoms with Gasteiger partial charge in [0.05, 0.1) is 18.1 Å². The molecule has 0 spiro atoms. The van der Waals surface area contributed by atoms with Crippen LogP contribution in [0.4, 0.5) is 0 Å². The van der Waals surface area contributed by atoms with E-state index in [1.807, 2.05) is 0 Å². The number of sulfone groups is 1. The van der Waals surface area contributed by atoms with Gasteiger partial charge in [-0.15, -0.1) is 0 Å². The van der Waals surface area contributed by atoms with Crippen LogP contribution in [0.5, 0.6) is 0 Å². The zero-order valence-electron chi connectivity index (χ0n) is 16.8. The van der Waals surface area contributed by atoms with Crippen LogP contribution in [0.2, 0.25) is 0 Å². The lowest BCUT2D eigenvalue weighted by atomic mass is 9.99. The summed E-state index contributed by atoms with van der Waals surface area (Å²) in [5, 5.41) is 6.71. The van der Waals surface area contributed by atoms with E-state index in [9.17, 15) is 8.42 Å². The summed E-state index contributed by atoms with van der Waals surface area (Å²) >= 11 is 0. The van der Waals surface area contributed by atoms with Gasteiger partial charge in [0, 0.05) is 38.3 Å². The summed E-state index contributed by atoms with van der Waals surface area (Å²) in [5.41, 5.74) is 0.0734. The molecule has 0 aliphatic carbocycles. The van der Waals surface area contributed by atoms with Crippen molar-refractivity contribution in [3.8, 4) is 0 Å². The van der Waals surface area contributed by atoms with E-state index in [1.165, 1.54) is 32.4 Å². The minimum Gasteiger partial charge on any atom is -0.357 e. The Morgan fingerprint density at radius 2 is 1.69 bits per heavy atom. The molecule has 2 aliphatic rings. The largest absolute Gasteiger partial charge is 0.357 e.